The standard InChI is InChI=1S/C19H22N2O4/c1-2-20(10-16-8-9-24-12-16)19(23)17-13-25-14-18(22)21(17)11-15-6-4-3-5-7-15/h3-9,12,17H,2,10-11,13-14H2,1H3. The van der Waals surface area contributed by atoms with Crippen LogP contribution >= 0.6 is 0 Å². The highest BCUT2D eigenvalue weighted by Crippen LogP contribution is 2.17. The molecule has 0 aliphatic carbocycles. The number of rotatable bonds is 6. The van der Waals surface area contributed by atoms with Gasteiger partial charge in [0.15, 0.2) is 0 Å². The fraction of sp³-hybridized carbons (Fsp3) is 0.368. The summed E-state index contributed by atoms with van der Waals surface area (Å²) < 4.78 is 10.4. The first-order chi connectivity index (χ1) is 12.2. The fourth-order valence-corrected chi connectivity index (χ4v) is 2.95. The van der Waals surface area contributed by atoms with E-state index < -0.39 is 6.04 Å². The Labute approximate surface area is 147 Å². The molecular formula is C19H22N2O4. The Morgan fingerprint density at radius 1 is 1.24 bits per heavy atom. The highest BCUT2D eigenvalue weighted by atomic mass is 16.5. The van der Waals surface area contributed by atoms with Crippen molar-refractivity contribution < 1.29 is 18.7 Å². The van der Waals surface area contributed by atoms with Crippen molar-refractivity contribution in [1.82, 2.24) is 9.80 Å². The number of ether oxygens (including phenoxy) is 1. The maximum Gasteiger partial charge on any atom is 0.249 e. The minimum atomic E-state index is -0.603. The molecule has 6 nitrogen and oxygen atoms in total. The third-order valence-electron chi connectivity index (χ3n) is 4.33. The van der Waals surface area contributed by atoms with Gasteiger partial charge in [0.25, 0.3) is 0 Å². The highest BCUT2D eigenvalue weighted by molar-refractivity contribution is 5.89. The van der Waals surface area contributed by atoms with Crippen molar-refractivity contribution in [2.45, 2.75) is 26.1 Å². The molecule has 1 fully saturated rings. The van der Waals surface area contributed by atoms with E-state index in [0.717, 1.165) is 11.1 Å². The Hall–Kier alpha value is -2.60. The normalized spacial score (nSPS) is 17.6. The van der Waals surface area contributed by atoms with Gasteiger partial charge in [-0.25, -0.2) is 0 Å². The van der Waals surface area contributed by atoms with Crippen LogP contribution in [0.5, 0.6) is 0 Å². The molecule has 2 heterocycles. The van der Waals surface area contributed by atoms with Gasteiger partial charge in [-0.05, 0) is 18.6 Å². The molecule has 0 saturated carbocycles. The number of amides is 2. The lowest BCUT2D eigenvalue weighted by Crippen LogP contribution is -2.56. The summed E-state index contributed by atoms with van der Waals surface area (Å²) in [4.78, 5) is 28.7. The van der Waals surface area contributed by atoms with Gasteiger partial charge in [-0.2, -0.15) is 0 Å². The average molecular weight is 342 g/mol. The van der Waals surface area contributed by atoms with Crippen LogP contribution in [0.1, 0.15) is 18.1 Å². The number of hydrogen-bond acceptors (Lipinski definition) is 4. The molecule has 2 amide bonds. The van der Waals surface area contributed by atoms with E-state index in [1.54, 1.807) is 22.3 Å². The third kappa shape index (κ3) is 4.09. The second kappa shape index (κ2) is 7.98. The third-order valence-corrected chi connectivity index (χ3v) is 4.33. The van der Waals surface area contributed by atoms with Gasteiger partial charge in [-0.15, -0.1) is 0 Å². The molecule has 1 atom stereocenters. The molecule has 1 aliphatic rings. The first-order valence-corrected chi connectivity index (χ1v) is 8.40. The molecule has 0 N–H and O–H groups in total. The Kier molecular flexibility index (Phi) is 5.50. The molecule has 1 aromatic heterocycles. The van der Waals surface area contributed by atoms with Crippen LogP contribution in [0.15, 0.2) is 53.3 Å². The van der Waals surface area contributed by atoms with Gasteiger partial charge in [0, 0.05) is 25.2 Å². The lowest BCUT2D eigenvalue weighted by Gasteiger charge is -2.37. The molecule has 0 spiro atoms. The second-order valence-electron chi connectivity index (χ2n) is 6.02. The van der Waals surface area contributed by atoms with E-state index >= 15 is 0 Å². The van der Waals surface area contributed by atoms with Crippen molar-refractivity contribution in [3.63, 3.8) is 0 Å². The van der Waals surface area contributed by atoms with E-state index in [4.69, 9.17) is 9.15 Å². The molecule has 3 rings (SSSR count). The predicted octanol–water partition coefficient (Wildman–Crippen LogP) is 2.06. The van der Waals surface area contributed by atoms with E-state index in [-0.39, 0.29) is 25.0 Å². The molecule has 25 heavy (non-hydrogen) atoms. The van der Waals surface area contributed by atoms with Gasteiger partial charge in [0.2, 0.25) is 11.8 Å². The van der Waals surface area contributed by atoms with Crippen LogP contribution in [0, 0.1) is 0 Å². The largest absolute Gasteiger partial charge is 0.472 e. The van der Waals surface area contributed by atoms with Crippen LogP contribution < -0.4 is 0 Å². The number of nitrogens with zero attached hydrogens (tertiary/aromatic N) is 2. The lowest BCUT2D eigenvalue weighted by molar-refractivity contribution is -0.160. The number of carbonyl (C=O) groups is 2. The minimum Gasteiger partial charge on any atom is -0.472 e. The van der Waals surface area contributed by atoms with Crippen LogP contribution in [0.3, 0.4) is 0 Å². The molecule has 1 saturated heterocycles. The average Bonchev–Trinajstić information content (AvgIpc) is 3.15. The summed E-state index contributed by atoms with van der Waals surface area (Å²) in [6.45, 7) is 3.57. The number of benzene rings is 1. The van der Waals surface area contributed by atoms with Crippen molar-refractivity contribution in [3.05, 3.63) is 60.1 Å². The summed E-state index contributed by atoms with van der Waals surface area (Å²) in [7, 11) is 0. The van der Waals surface area contributed by atoms with Crippen LogP contribution in [0.25, 0.3) is 0 Å². The van der Waals surface area contributed by atoms with Crippen molar-refractivity contribution in [2.75, 3.05) is 19.8 Å². The minimum absolute atomic E-state index is 0.0183. The van der Waals surface area contributed by atoms with Crippen LogP contribution in [0.4, 0.5) is 0 Å². The van der Waals surface area contributed by atoms with Gasteiger partial charge >= 0.3 is 0 Å². The lowest BCUT2D eigenvalue weighted by atomic mass is 10.1. The zero-order chi connectivity index (χ0) is 17.6. The second-order valence-corrected chi connectivity index (χ2v) is 6.02. The molecular weight excluding hydrogens is 320 g/mol. The number of hydrogen-bond donors (Lipinski definition) is 0. The molecule has 132 valence electrons. The Balaban J connectivity index is 1.76. The molecule has 6 heteroatoms. The summed E-state index contributed by atoms with van der Waals surface area (Å²) in [5, 5.41) is 0. The monoisotopic (exact) mass is 342 g/mol. The molecule has 0 bridgehead atoms. The van der Waals surface area contributed by atoms with E-state index in [1.807, 2.05) is 43.3 Å². The zero-order valence-electron chi connectivity index (χ0n) is 14.3. The van der Waals surface area contributed by atoms with Gasteiger partial charge < -0.3 is 19.0 Å². The van der Waals surface area contributed by atoms with Crippen molar-refractivity contribution in [1.29, 1.82) is 0 Å². The van der Waals surface area contributed by atoms with Gasteiger partial charge in [0.05, 0.1) is 19.1 Å². The summed E-state index contributed by atoms with van der Waals surface area (Å²) >= 11 is 0. The zero-order valence-corrected chi connectivity index (χ0v) is 14.3. The number of carbonyl (C=O) groups excluding carboxylic acids is 2. The molecule has 1 aromatic carbocycles. The van der Waals surface area contributed by atoms with E-state index in [9.17, 15) is 9.59 Å². The van der Waals surface area contributed by atoms with Crippen molar-refractivity contribution >= 4 is 11.8 Å². The van der Waals surface area contributed by atoms with Crippen molar-refractivity contribution in [3.8, 4) is 0 Å². The number of likely N-dealkylation sites (N-methyl/N-ethyl adjacent to an activating group) is 1. The molecule has 1 unspecified atom stereocenters. The van der Waals surface area contributed by atoms with Crippen molar-refractivity contribution in [2.24, 2.45) is 0 Å². The quantitative estimate of drug-likeness (QED) is 0.806. The SMILES string of the molecule is CCN(Cc1ccoc1)C(=O)C1COCC(=O)N1Cc1ccccc1. The highest BCUT2D eigenvalue weighted by Gasteiger charge is 2.36. The van der Waals surface area contributed by atoms with E-state index in [2.05, 4.69) is 0 Å². The maximum absolute atomic E-state index is 13.0. The Bertz CT molecular complexity index is 699. The van der Waals surface area contributed by atoms with E-state index in [0.29, 0.717) is 19.6 Å². The predicted molar refractivity (Wildman–Crippen MR) is 91.4 cm³/mol. The smallest absolute Gasteiger partial charge is 0.249 e. The molecule has 0 radical (unpaired) electrons. The Morgan fingerprint density at radius 2 is 2.04 bits per heavy atom. The fourth-order valence-electron chi connectivity index (χ4n) is 2.95. The van der Waals surface area contributed by atoms with Gasteiger partial charge in [-0.1, -0.05) is 30.3 Å². The molecule has 2 aromatic rings. The van der Waals surface area contributed by atoms with Crippen LogP contribution in [-0.2, 0) is 27.4 Å². The van der Waals surface area contributed by atoms with Crippen LogP contribution in [0.2, 0.25) is 0 Å². The maximum atomic E-state index is 13.0. The first-order valence-electron chi connectivity index (χ1n) is 8.40. The number of furan rings is 1. The number of morpholine rings is 1. The first kappa shape index (κ1) is 17.2. The summed E-state index contributed by atoms with van der Waals surface area (Å²) in [5.41, 5.74) is 1.92. The molecule has 1 aliphatic heterocycles. The van der Waals surface area contributed by atoms with Crippen LogP contribution in [-0.4, -0.2) is 47.4 Å². The summed E-state index contributed by atoms with van der Waals surface area (Å²) in [6.07, 6.45) is 3.21. The van der Waals surface area contributed by atoms with E-state index in [1.165, 1.54) is 0 Å². The Morgan fingerprint density at radius 3 is 2.72 bits per heavy atom. The summed E-state index contributed by atoms with van der Waals surface area (Å²) in [6, 6.07) is 10.9. The van der Waals surface area contributed by atoms with Gasteiger partial charge in [0.1, 0.15) is 12.6 Å². The van der Waals surface area contributed by atoms with Gasteiger partial charge in [-0.3, -0.25) is 9.59 Å². The summed E-state index contributed by atoms with van der Waals surface area (Å²) in [5.74, 6) is -0.263. The topological polar surface area (TPSA) is 63.0 Å².